The van der Waals surface area contributed by atoms with Gasteiger partial charge in [0.2, 0.25) is 5.91 Å². The van der Waals surface area contributed by atoms with Crippen molar-refractivity contribution in [1.82, 2.24) is 0 Å². The van der Waals surface area contributed by atoms with Gasteiger partial charge in [-0.05, 0) is 18.2 Å². The lowest BCUT2D eigenvalue weighted by molar-refractivity contribution is -0.136. The Morgan fingerprint density at radius 3 is 2.36 bits per heavy atom. The van der Waals surface area contributed by atoms with E-state index in [0.717, 1.165) is 11.1 Å². The molecule has 4 rings (SSSR count). The fourth-order valence-electron chi connectivity index (χ4n) is 2.93. The number of halogens is 1. The minimum Gasteiger partial charge on any atom is -0.481 e. The second-order valence-electron chi connectivity index (χ2n) is 6.80. The summed E-state index contributed by atoms with van der Waals surface area (Å²) in [5.74, 6) is -1.18. The van der Waals surface area contributed by atoms with Crippen LogP contribution >= 0.6 is 11.6 Å². The summed E-state index contributed by atoms with van der Waals surface area (Å²) in [5.41, 5.74) is 2.92. The number of carboxylic acid groups (broad SMARTS) is 1. The number of carboxylic acids is 1. The Morgan fingerprint density at radius 2 is 1.75 bits per heavy atom. The molecule has 1 saturated carbocycles. The van der Waals surface area contributed by atoms with E-state index in [1.807, 2.05) is 30.3 Å². The first kappa shape index (κ1) is 20.1. The average molecular weight is 399 g/mol. The second kappa shape index (κ2) is 9.51. The lowest BCUT2D eigenvalue weighted by Gasteiger charge is -2.22. The maximum Gasteiger partial charge on any atom is 0.305 e. The molecule has 0 unspecified atom stereocenters. The molecule has 28 heavy (non-hydrogen) atoms. The third kappa shape index (κ3) is 4.98. The Morgan fingerprint density at radius 1 is 1.07 bits per heavy atom. The molecule has 2 aromatic carbocycles. The van der Waals surface area contributed by atoms with Gasteiger partial charge in [0.05, 0.1) is 17.8 Å². The molecule has 1 N–H and O–H groups in total. The zero-order valence-electron chi connectivity index (χ0n) is 15.6. The normalized spacial score (nSPS) is 15.4. The molecule has 2 aromatic rings. The highest BCUT2D eigenvalue weighted by Gasteiger charge is 2.25. The Balaban J connectivity index is 0.000000500. The number of hydrogen-bond acceptors (Lipinski definition) is 3. The van der Waals surface area contributed by atoms with Crippen molar-refractivity contribution in [1.29, 1.82) is 0 Å². The molecule has 1 heterocycles. The lowest BCUT2D eigenvalue weighted by atomic mass is 10.00. The summed E-state index contributed by atoms with van der Waals surface area (Å²) >= 11 is 6.14. The van der Waals surface area contributed by atoms with Gasteiger partial charge in [-0.15, -0.1) is 0 Å². The van der Waals surface area contributed by atoms with Crippen LogP contribution in [-0.4, -0.2) is 35.8 Å². The van der Waals surface area contributed by atoms with E-state index in [0.29, 0.717) is 16.4 Å². The van der Waals surface area contributed by atoms with Crippen molar-refractivity contribution in [3.8, 4) is 0 Å². The lowest BCUT2D eigenvalue weighted by Crippen LogP contribution is -2.34. The van der Waals surface area contributed by atoms with Crippen LogP contribution in [0.25, 0.3) is 0 Å². The van der Waals surface area contributed by atoms with E-state index >= 15 is 0 Å². The maximum absolute atomic E-state index is 12.4. The van der Waals surface area contributed by atoms with Gasteiger partial charge < -0.3 is 10.0 Å². The number of aliphatic carboxylic acids is 1. The minimum atomic E-state index is -0.952. The zero-order chi connectivity index (χ0) is 19.9. The third-order valence-electron chi connectivity index (χ3n) is 4.77. The Labute approximate surface area is 169 Å². The predicted octanol–water partition coefficient (Wildman–Crippen LogP) is 4.56. The molecule has 1 amide bonds. The van der Waals surface area contributed by atoms with Crippen LogP contribution in [0, 0.1) is 0 Å². The van der Waals surface area contributed by atoms with Crippen LogP contribution in [-0.2, 0) is 9.59 Å². The summed E-state index contributed by atoms with van der Waals surface area (Å²) in [5, 5.41) is 9.47. The number of nitrogens with zero attached hydrogens (tertiary/aromatic N) is 2. The average Bonchev–Trinajstić information content (AvgIpc) is 2.75. The molecule has 0 radical (unpaired) electrons. The molecule has 5 nitrogen and oxygen atoms in total. The number of rotatable bonds is 4. The number of anilines is 1. The first-order chi connectivity index (χ1) is 13.6. The Bertz CT molecular complexity index is 873. The number of hydrogen-bond donors (Lipinski definition) is 1. The number of carbonyl (C=O) groups is 2. The molecule has 146 valence electrons. The van der Waals surface area contributed by atoms with E-state index in [2.05, 4.69) is 4.99 Å². The number of carbonyl (C=O) groups excluding carboxylic acids is 1. The standard InChI is InChI=1S/C18H15ClN2O3.C4H8/c19-13-6-7-15-14(10-13)18(12-4-2-1-3-5-12)20-11-16(22)21(15)9-8-17(23)24;1-2-4-3-1/h1-7,10H,8-9,11H2,(H,23,24);1-4H2. The van der Waals surface area contributed by atoms with Crippen LogP contribution in [0.4, 0.5) is 5.69 Å². The van der Waals surface area contributed by atoms with Gasteiger partial charge in [0, 0.05) is 22.7 Å². The number of benzene rings is 2. The predicted molar refractivity (Wildman–Crippen MR) is 111 cm³/mol. The van der Waals surface area contributed by atoms with Crippen molar-refractivity contribution in [3.63, 3.8) is 0 Å². The zero-order valence-corrected chi connectivity index (χ0v) is 16.4. The molecule has 0 atom stereocenters. The van der Waals surface area contributed by atoms with Crippen LogP contribution in [0.2, 0.25) is 5.02 Å². The van der Waals surface area contributed by atoms with Crippen LogP contribution in [0.3, 0.4) is 0 Å². The van der Waals surface area contributed by atoms with Crippen molar-refractivity contribution in [3.05, 3.63) is 64.7 Å². The summed E-state index contributed by atoms with van der Waals surface area (Å²) in [6, 6.07) is 14.7. The molecular formula is C22H23ClN2O3. The van der Waals surface area contributed by atoms with Crippen LogP contribution < -0.4 is 4.90 Å². The molecule has 1 aliphatic carbocycles. The van der Waals surface area contributed by atoms with Gasteiger partial charge in [0.25, 0.3) is 0 Å². The number of benzodiazepines with no additional fused rings is 1. The summed E-state index contributed by atoms with van der Waals surface area (Å²) in [6.07, 6.45) is 5.87. The highest BCUT2D eigenvalue weighted by atomic mass is 35.5. The smallest absolute Gasteiger partial charge is 0.305 e. The first-order valence-electron chi connectivity index (χ1n) is 9.48. The molecule has 0 spiro atoms. The van der Waals surface area contributed by atoms with Crippen LogP contribution in [0.5, 0.6) is 0 Å². The van der Waals surface area contributed by atoms with Gasteiger partial charge in [-0.1, -0.05) is 67.6 Å². The van der Waals surface area contributed by atoms with Gasteiger partial charge in [-0.3, -0.25) is 14.6 Å². The van der Waals surface area contributed by atoms with E-state index in [1.165, 1.54) is 30.6 Å². The monoisotopic (exact) mass is 398 g/mol. The summed E-state index contributed by atoms with van der Waals surface area (Å²) in [4.78, 5) is 29.3. The van der Waals surface area contributed by atoms with Crippen molar-refractivity contribution in [2.24, 2.45) is 4.99 Å². The fourth-order valence-corrected chi connectivity index (χ4v) is 3.10. The molecular weight excluding hydrogens is 376 g/mol. The van der Waals surface area contributed by atoms with Crippen molar-refractivity contribution in [2.75, 3.05) is 18.0 Å². The minimum absolute atomic E-state index is 0.0316. The van der Waals surface area contributed by atoms with E-state index in [4.69, 9.17) is 16.7 Å². The molecule has 6 heteroatoms. The molecule has 0 bridgehead atoms. The van der Waals surface area contributed by atoms with Gasteiger partial charge in [-0.25, -0.2) is 0 Å². The van der Waals surface area contributed by atoms with Crippen molar-refractivity contribution in [2.45, 2.75) is 32.1 Å². The van der Waals surface area contributed by atoms with Gasteiger partial charge in [0.15, 0.2) is 0 Å². The highest BCUT2D eigenvalue weighted by molar-refractivity contribution is 6.32. The largest absolute Gasteiger partial charge is 0.481 e. The van der Waals surface area contributed by atoms with E-state index in [-0.39, 0.29) is 25.4 Å². The fraction of sp³-hybridized carbons (Fsp3) is 0.318. The van der Waals surface area contributed by atoms with Crippen molar-refractivity contribution >= 4 is 34.9 Å². The Hall–Kier alpha value is -2.66. The molecule has 2 aliphatic rings. The quantitative estimate of drug-likeness (QED) is 0.820. The van der Waals surface area contributed by atoms with E-state index < -0.39 is 5.97 Å². The third-order valence-corrected chi connectivity index (χ3v) is 5.01. The highest BCUT2D eigenvalue weighted by Crippen LogP contribution is 2.29. The maximum atomic E-state index is 12.4. The van der Waals surface area contributed by atoms with Gasteiger partial charge in [-0.2, -0.15) is 0 Å². The molecule has 1 aliphatic heterocycles. The molecule has 0 saturated heterocycles. The van der Waals surface area contributed by atoms with Crippen LogP contribution in [0.1, 0.15) is 43.2 Å². The van der Waals surface area contributed by atoms with Gasteiger partial charge in [0.1, 0.15) is 6.54 Å². The Kier molecular flexibility index (Phi) is 6.82. The van der Waals surface area contributed by atoms with Crippen molar-refractivity contribution < 1.29 is 14.7 Å². The topological polar surface area (TPSA) is 70.0 Å². The number of aliphatic imine (C=N–C) groups is 1. The first-order valence-corrected chi connectivity index (χ1v) is 9.86. The summed E-state index contributed by atoms with van der Waals surface area (Å²) in [7, 11) is 0. The summed E-state index contributed by atoms with van der Waals surface area (Å²) in [6.45, 7) is 0.0660. The van der Waals surface area contributed by atoms with E-state index in [9.17, 15) is 9.59 Å². The number of fused-ring (bicyclic) bond motifs is 1. The molecule has 0 aromatic heterocycles. The number of amides is 1. The SMILES string of the molecule is C1CCC1.O=C(O)CCN1C(=O)CN=C(c2ccccc2)c2cc(Cl)ccc21. The van der Waals surface area contributed by atoms with Crippen LogP contribution in [0.15, 0.2) is 53.5 Å². The second-order valence-corrected chi connectivity index (χ2v) is 7.23. The van der Waals surface area contributed by atoms with Gasteiger partial charge >= 0.3 is 5.97 Å². The summed E-state index contributed by atoms with van der Waals surface area (Å²) < 4.78 is 0. The molecule has 1 fully saturated rings. The van der Waals surface area contributed by atoms with E-state index in [1.54, 1.807) is 18.2 Å².